The minimum Gasteiger partial charge on any atom is -0.365 e. The highest BCUT2D eigenvalue weighted by molar-refractivity contribution is 7.80. The lowest BCUT2D eigenvalue weighted by Gasteiger charge is -2.27. The van der Waals surface area contributed by atoms with Crippen LogP contribution in [0.2, 0.25) is 0 Å². The third-order valence-electron chi connectivity index (χ3n) is 3.93. The minimum absolute atomic E-state index is 0.200. The molecule has 1 nitrogen and oxygen atoms in total. The van der Waals surface area contributed by atoms with Crippen LogP contribution in [-0.2, 0) is 0 Å². The Labute approximate surface area is 126 Å². The Kier molecular flexibility index (Phi) is 4.12. The average Bonchev–Trinajstić information content (AvgIpc) is 3.04. The van der Waals surface area contributed by atoms with E-state index in [0.717, 1.165) is 18.1 Å². The summed E-state index contributed by atoms with van der Waals surface area (Å²) in [5, 5.41) is 0. The first-order valence-corrected chi connectivity index (χ1v) is 7.66. The van der Waals surface area contributed by atoms with Gasteiger partial charge in [0.2, 0.25) is 0 Å². The Morgan fingerprint density at radius 1 is 0.800 bits per heavy atom. The van der Waals surface area contributed by atoms with Gasteiger partial charge in [0.15, 0.2) is 0 Å². The third-order valence-corrected chi connectivity index (χ3v) is 4.42. The molecule has 1 aliphatic heterocycles. The lowest BCUT2D eigenvalue weighted by Crippen LogP contribution is -2.31. The van der Waals surface area contributed by atoms with Crippen LogP contribution < -0.4 is 0 Å². The zero-order valence-corrected chi connectivity index (χ0v) is 12.4. The van der Waals surface area contributed by atoms with Crippen molar-refractivity contribution in [3.8, 4) is 0 Å². The topological polar surface area (TPSA) is 3.24 Å². The molecule has 0 aliphatic carbocycles. The van der Waals surface area contributed by atoms with Gasteiger partial charge in [0, 0.05) is 13.1 Å². The Bertz CT molecular complexity index is 519. The highest BCUT2D eigenvalue weighted by atomic mass is 32.1. The van der Waals surface area contributed by atoms with Crippen molar-refractivity contribution in [2.75, 3.05) is 13.1 Å². The van der Waals surface area contributed by atoms with Crippen molar-refractivity contribution in [3.05, 3.63) is 71.8 Å². The first-order chi connectivity index (χ1) is 9.86. The van der Waals surface area contributed by atoms with Gasteiger partial charge in [-0.25, -0.2) is 0 Å². The van der Waals surface area contributed by atoms with Crippen molar-refractivity contribution in [1.29, 1.82) is 0 Å². The van der Waals surface area contributed by atoms with E-state index in [1.165, 1.54) is 24.0 Å². The number of rotatable bonds is 3. The summed E-state index contributed by atoms with van der Waals surface area (Å²) in [7, 11) is 0. The van der Waals surface area contributed by atoms with E-state index in [1.807, 2.05) is 0 Å². The molecule has 0 aromatic heterocycles. The number of likely N-dealkylation sites (tertiary alicyclic amines) is 1. The fourth-order valence-corrected chi connectivity index (χ4v) is 3.34. The SMILES string of the molecule is S=C(C(c1ccccc1)c1ccccc1)N1CCCC1. The molecule has 3 rings (SSSR count). The molecule has 2 aromatic carbocycles. The van der Waals surface area contributed by atoms with Crippen LogP contribution in [0.4, 0.5) is 0 Å². The van der Waals surface area contributed by atoms with E-state index < -0.39 is 0 Å². The van der Waals surface area contributed by atoms with Gasteiger partial charge in [-0.3, -0.25) is 0 Å². The van der Waals surface area contributed by atoms with Crippen LogP contribution in [0.25, 0.3) is 0 Å². The molecule has 2 heteroatoms. The van der Waals surface area contributed by atoms with Crippen molar-refractivity contribution in [2.45, 2.75) is 18.8 Å². The molecule has 0 radical (unpaired) electrons. The highest BCUT2D eigenvalue weighted by Gasteiger charge is 2.25. The maximum absolute atomic E-state index is 5.83. The van der Waals surface area contributed by atoms with Gasteiger partial charge in [0.25, 0.3) is 0 Å². The predicted octanol–water partition coefficient (Wildman–Crippen LogP) is 4.24. The molecule has 1 heterocycles. The molecule has 0 amide bonds. The summed E-state index contributed by atoms with van der Waals surface area (Å²) in [6, 6.07) is 21.2. The summed E-state index contributed by atoms with van der Waals surface area (Å²) in [4.78, 5) is 3.44. The molecular weight excluding hydrogens is 262 g/mol. The second-order valence-electron chi connectivity index (χ2n) is 5.29. The van der Waals surface area contributed by atoms with Crippen molar-refractivity contribution in [3.63, 3.8) is 0 Å². The van der Waals surface area contributed by atoms with Crippen molar-refractivity contribution in [1.82, 2.24) is 4.90 Å². The summed E-state index contributed by atoms with van der Waals surface area (Å²) in [5.41, 5.74) is 2.58. The third kappa shape index (κ3) is 2.75. The maximum Gasteiger partial charge on any atom is 0.0899 e. The van der Waals surface area contributed by atoms with Gasteiger partial charge in [0.1, 0.15) is 0 Å². The average molecular weight is 281 g/mol. The minimum atomic E-state index is 0.200. The van der Waals surface area contributed by atoms with Crippen LogP contribution in [0, 0.1) is 0 Å². The van der Waals surface area contributed by atoms with E-state index in [0.29, 0.717) is 0 Å². The van der Waals surface area contributed by atoms with E-state index in [1.54, 1.807) is 0 Å². The standard InChI is InChI=1S/C18H19NS/c20-18(19-13-7-8-14-19)17(15-9-3-1-4-10-15)16-11-5-2-6-12-16/h1-6,9-12,17H,7-8,13-14H2. The number of benzene rings is 2. The molecule has 0 bridgehead atoms. The van der Waals surface area contributed by atoms with Gasteiger partial charge >= 0.3 is 0 Å². The van der Waals surface area contributed by atoms with Gasteiger partial charge in [-0.2, -0.15) is 0 Å². The molecule has 1 saturated heterocycles. The molecular formula is C18H19NS. The van der Waals surface area contributed by atoms with E-state index in [2.05, 4.69) is 65.6 Å². The quantitative estimate of drug-likeness (QED) is 0.774. The van der Waals surface area contributed by atoms with Crippen molar-refractivity contribution >= 4 is 17.2 Å². The molecule has 0 atom stereocenters. The number of hydrogen-bond donors (Lipinski definition) is 0. The Morgan fingerprint density at radius 3 is 1.70 bits per heavy atom. The summed E-state index contributed by atoms with van der Waals surface area (Å²) in [5.74, 6) is 0.200. The summed E-state index contributed by atoms with van der Waals surface area (Å²) < 4.78 is 0. The van der Waals surface area contributed by atoms with Gasteiger partial charge in [-0.1, -0.05) is 72.9 Å². The van der Waals surface area contributed by atoms with Gasteiger partial charge < -0.3 is 4.90 Å². The first kappa shape index (κ1) is 13.3. The Hall–Kier alpha value is -1.67. The molecule has 0 N–H and O–H groups in total. The van der Waals surface area contributed by atoms with Crippen molar-refractivity contribution in [2.24, 2.45) is 0 Å². The lowest BCUT2D eigenvalue weighted by molar-refractivity contribution is 0.514. The second kappa shape index (κ2) is 6.19. The fraction of sp³-hybridized carbons (Fsp3) is 0.278. The number of thiocarbonyl (C=S) groups is 1. The molecule has 0 saturated carbocycles. The molecule has 102 valence electrons. The van der Waals surface area contributed by atoms with Crippen LogP contribution >= 0.6 is 12.2 Å². The monoisotopic (exact) mass is 281 g/mol. The summed E-state index contributed by atoms with van der Waals surface area (Å²) >= 11 is 5.83. The zero-order valence-electron chi connectivity index (χ0n) is 11.5. The maximum atomic E-state index is 5.83. The second-order valence-corrected chi connectivity index (χ2v) is 5.71. The van der Waals surface area contributed by atoms with Crippen LogP contribution in [-0.4, -0.2) is 23.0 Å². The van der Waals surface area contributed by atoms with E-state index in [-0.39, 0.29) is 5.92 Å². The zero-order chi connectivity index (χ0) is 13.8. The molecule has 0 unspecified atom stereocenters. The number of nitrogens with zero attached hydrogens (tertiary/aromatic N) is 1. The Balaban J connectivity index is 1.97. The Morgan fingerprint density at radius 2 is 1.25 bits per heavy atom. The lowest BCUT2D eigenvalue weighted by atomic mass is 9.90. The molecule has 1 aliphatic rings. The summed E-state index contributed by atoms with van der Waals surface area (Å²) in [6.07, 6.45) is 2.52. The van der Waals surface area contributed by atoms with Gasteiger partial charge in [-0.15, -0.1) is 0 Å². The van der Waals surface area contributed by atoms with E-state index in [9.17, 15) is 0 Å². The number of hydrogen-bond acceptors (Lipinski definition) is 1. The summed E-state index contributed by atoms with van der Waals surface area (Å²) in [6.45, 7) is 2.21. The van der Waals surface area contributed by atoms with E-state index >= 15 is 0 Å². The smallest absolute Gasteiger partial charge is 0.0899 e. The molecule has 20 heavy (non-hydrogen) atoms. The van der Waals surface area contributed by atoms with Crippen LogP contribution in [0.5, 0.6) is 0 Å². The van der Waals surface area contributed by atoms with Crippen LogP contribution in [0.3, 0.4) is 0 Å². The van der Waals surface area contributed by atoms with Crippen molar-refractivity contribution < 1.29 is 0 Å². The highest BCUT2D eigenvalue weighted by Crippen LogP contribution is 2.29. The van der Waals surface area contributed by atoms with Crippen LogP contribution in [0.1, 0.15) is 29.9 Å². The normalized spacial score (nSPS) is 14.8. The fourth-order valence-electron chi connectivity index (χ4n) is 2.89. The largest absolute Gasteiger partial charge is 0.365 e. The molecule has 1 fully saturated rings. The molecule has 0 spiro atoms. The predicted molar refractivity (Wildman–Crippen MR) is 88.1 cm³/mol. The van der Waals surface area contributed by atoms with Gasteiger partial charge in [-0.05, 0) is 24.0 Å². The van der Waals surface area contributed by atoms with Gasteiger partial charge in [0.05, 0.1) is 10.9 Å². The molecule has 2 aromatic rings. The van der Waals surface area contributed by atoms with E-state index in [4.69, 9.17) is 12.2 Å². The van der Waals surface area contributed by atoms with Crippen LogP contribution in [0.15, 0.2) is 60.7 Å². The first-order valence-electron chi connectivity index (χ1n) is 7.25.